The number of rotatable bonds is 3. The lowest BCUT2D eigenvalue weighted by molar-refractivity contribution is 0.320. The molecule has 1 aromatic carbocycles. The van der Waals surface area contributed by atoms with Gasteiger partial charge < -0.3 is 4.57 Å². The molecule has 4 aromatic heterocycles. The Balaban J connectivity index is 1.56. The number of pyridine rings is 1. The summed E-state index contributed by atoms with van der Waals surface area (Å²) in [5.41, 5.74) is 4.96. The topological polar surface area (TPSA) is 43.6 Å². The molecule has 0 aliphatic heterocycles. The van der Waals surface area contributed by atoms with E-state index in [2.05, 4.69) is 56.4 Å². The lowest BCUT2D eigenvalue weighted by atomic mass is 9.93. The highest BCUT2D eigenvalue weighted by Gasteiger charge is 2.24. The molecular weight excluding hydrogens is 400 g/mol. The van der Waals surface area contributed by atoms with Crippen LogP contribution < -0.4 is 0 Å². The van der Waals surface area contributed by atoms with Gasteiger partial charge in [0.25, 0.3) is 0 Å². The van der Waals surface area contributed by atoms with E-state index in [4.69, 9.17) is 16.6 Å². The SMILES string of the molecule is Clc1cc2ccc(-c3cccs3)nc2cc1-c1cn(C2CCC2)c2ncncc12. The van der Waals surface area contributed by atoms with Gasteiger partial charge in [-0.3, -0.25) is 0 Å². The molecule has 142 valence electrons. The summed E-state index contributed by atoms with van der Waals surface area (Å²) in [6.07, 6.45) is 9.38. The summed E-state index contributed by atoms with van der Waals surface area (Å²) in [6.45, 7) is 0. The number of nitrogens with zero attached hydrogens (tertiary/aromatic N) is 4. The van der Waals surface area contributed by atoms with E-state index in [0.29, 0.717) is 6.04 Å². The predicted octanol–water partition coefficient (Wildman–Crippen LogP) is 6.75. The Bertz CT molecular complexity index is 1350. The average Bonchev–Trinajstić information content (AvgIpc) is 3.35. The molecule has 1 aliphatic carbocycles. The molecule has 29 heavy (non-hydrogen) atoms. The molecule has 4 nitrogen and oxygen atoms in total. The first-order chi connectivity index (χ1) is 14.3. The highest BCUT2D eigenvalue weighted by molar-refractivity contribution is 7.13. The van der Waals surface area contributed by atoms with Crippen LogP contribution in [0.2, 0.25) is 5.02 Å². The normalized spacial score (nSPS) is 14.5. The van der Waals surface area contributed by atoms with Gasteiger partial charge >= 0.3 is 0 Å². The molecular formula is C23H17ClN4S. The van der Waals surface area contributed by atoms with Gasteiger partial charge in [0.1, 0.15) is 12.0 Å². The van der Waals surface area contributed by atoms with Crippen molar-refractivity contribution in [2.75, 3.05) is 0 Å². The molecule has 0 saturated heterocycles. The summed E-state index contributed by atoms with van der Waals surface area (Å²) in [5.74, 6) is 0. The lowest BCUT2D eigenvalue weighted by Crippen LogP contribution is -2.16. The van der Waals surface area contributed by atoms with Gasteiger partial charge in [-0.2, -0.15) is 0 Å². The fourth-order valence-electron chi connectivity index (χ4n) is 4.06. The molecule has 6 rings (SSSR count). The highest BCUT2D eigenvalue weighted by Crippen LogP contribution is 2.41. The van der Waals surface area contributed by atoms with Crippen molar-refractivity contribution in [1.82, 2.24) is 19.5 Å². The first kappa shape index (κ1) is 17.1. The molecule has 0 N–H and O–H groups in total. The van der Waals surface area contributed by atoms with Gasteiger partial charge in [-0.05, 0) is 48.9 Å². The van der Waals surface area contributed by atoms with Gasteiger partial charge in [0.15, 0.2) is 0 Å². The maximum Gasteiger partial charge on any atom is 0.144 e. The number of hydrogen-bond acceptors (Lipinski definition) is 4. The van der Waals surface area contributed by atoms with Crippen molar-refractivity contribution >= 4 is 44.9 Å². The molecule has 6 heteroatoms. The molecule has 4 heterocycles. The van der Waals surface area contributed by atoms with E-state index >= 15 is 0 Å². The van der Waals surface area contributed by atoms with E-state index in [1.807, 2.05) is 12.3 Å². The summed E-state index contributed by atoms with van der Waals surface area (Å²) < 4.78 is 2.30. The van der Waals surface area contributed by atoms with Crippen molar-refractivity contribution in [3.05, 3.63) is 65.5 Å². The van der Waals surface area contributed by atoms with E-state index in [1.54, 1.807) is 17.7 Å². The van der Waals surface area contributed by atoms with Crippen LogP contribution in [0.25, 0.3) is 43.6 Å². The number of thiophene rings is 1. The van der Waals surface area contributed by atoms with E-state index < -0.39 is 0 Å². The Morgan fingerprint density at radius 3 is 2.83 bits per heavy atom. The maximum absolute atomic E-state index is 6.74. The van der Waals surface area contributed by atoms with Crippen molar-refractivity contribution in [3.63, 3.8) is 0 Å². The second-order valence-electron chi connectivity index (χ2n) is 7.49. The third-order valence-corrected chi connectivity index (χ3v) is 7.01. The van der Waals surface area contributed by atoms with E-state index in [0.717, 1.165) is 43.8 Å². The smallest absolute Gasteiger partial charge is 0.144 e. The minimum atomic E-state index is 0.518. The minimum Gasteiger partial charge on any atom is -0.329 e. The number of aromatic nitrogens is 4. The van der Waals surface area contributed by atoms with Crippen LogP contribution in [0.5, 0.6) is 0 Å². The molecule has 0 radical (unpaired) electrons. The fraction of sp³-hybridized carbons (Fsp3) is 0.174. The van der Waals surface area contributed by atoms with Crippen LogP contribution in [0.4, 0.5) is 0 Å². The van der Waals surface area contributed by atoms with Crippen LogP contribution in [0.3, 0.4) is 0 Å². The van der Waals surface area contributed by atoms with Crippen LogP contribution in [0.15, 0.2) is 60.5 Å². The molecule has 0 bridgehead atoms. The van der Waals surface area contributed by atoms with Gasteiger partial charge in [-0.15, -0.1) is 11.3 Å². The summed E-state index contributed by atoms with van der Waals surface area (Å²) >= 11 is 8.44. The third kappa shape index (κ3) is 2.76. The predicted molar refractivity (Wildman–Crippen MR) is 119 cm³/mol. The molecule has 0 spiro atoms. The molecule has 1 fully saturated rings. The largest absolute Gasteiger partial charge is 0.329 e. The number of benzene rings is 1. The van der Waals surface area contributed by atoms with Crippen molar-refractivity contribution < 1.29 is 0 Å². The number of halogens is 1. The monoisotopic (exact) mass is 416 g/mol. The summed E-state index contributed by atoms with van der Waals surface area (Å²) in [6, 6.07) is 12.9. The molecule has 0 atom stereocenters. The van der Waals surface area contributed by atoms with Crippen molar-refractivity contribution in [2.24, 2.45) is 0 Å². The van der Waals surface area contributed by atoms with Gasteiger partial charge in [0.2, 0.25) is 0 Å². The summed E-state index contributed by atoms with van der Waals surface area (Å²) in [4.78, 5) is 14.9. The zero-order chi connectivity index (χ0) is 19.4. The van der Waals surface area contributed by atoms with Crippen molar-refractivity contribution in [2.45, 2.75) is 25.3 Å². The quantitative estimate of drug-likeness (QED) is 0.326. The molecule has 1 aliphatic rings. The van der Waals surface area contributed by atoms with E-state index in [-0.39, 0.29) is 0 Å². The van der Waals surface area contributed by atoms with Crippen molar-refractivity contribution in [1.29, 1.82) is 0 Å². The lowest BCUT2D eigenvalue weighted by Gasteiger charge is -2.27. The standard InChI is InChI=1S/C23H17ClN4S/c24-19-9-14-6-7-20(22-5-2-8-29-22)27-21(14)10-16(19)18-12-28(15-3-1-4-15)23-17(18)11-25-13-26-23/h2,5-13,15H,1,3-4H2. The third-order valence-electron chi connectivity index (χ3n) is 5.80. The van der Waals surface area contributed by atoms with Crippen LogP contribution >= 0.6 is 22.9 Å². The van der Waals surface area contributed by atoms with Crippen molar-refractivity contribution in [3.8, 4) is 21.7 Å². The number of hydrogen-bond donors (Lipinski definition) is 0. The Hall–Kier alpha value is -2.76. The Morgan fingerprint density at radius 2 is 2.03 bits per heavy atom. The van der Waals surface area contributed by atoms with Gasteiger partial charge in [0.05, 0.1) is 16.1 Å². The second kappa shape index (κ2) is 6.65. The molecule has 0 unspecified atom stereocenters. The Morgan fingerprint density at radius 1 is 1.10 bits per heavy atom. The van der Waals surface area contributed by atoms with Crippen LogP contribution in [-0.4, -0.2) is 19.5 Å². The zero-order valence-electron chi connectivity index (χ0n) is 15.5. The first-order valence-electron chi connectivity index (χ1n) is 9.73. The van der Waals surface area contributed by atoms with Gasteiger partial charge in [0, 0.05) is 45.4 Å². The molecule has 1 saturated carbocycles. The summed E-state index contributed by atoms with van der Waals surface area (Å²) in [5, 5.41) is 4.87. The fourth-order valence-corrected chi connectivity index (χ4v) is 5.03. The first-order valence-corrected chi connectivity index (χ1v) is 11.0. The van der Waals surface area contributed by atoms with Crippen LogP contribution in [0.1, 0.15) is 25.3 Å². The van der Waals surface area contributed by atoms with Crippen LogP contribution in [0, 0.1) is 0 Å². The Labute approximate surface area is 176 Å². The van der Waals surface area contributed by atoms with Crippen LogP contribution in [-0.2, 0) is 0 Å². The summed E-state index contributed by atoms with van der Waals surface area (Å²) in [7, 11) is 0. The van der Waals surface area contributed by atoms with E-state index in [9.17, 15) is 0 Å². The molecule has 5 aromatic rings. The number of fused-ring (bicyclic) bond motifs is 2. The Kier molecular flexibility index (Phi) is 3.93. The minimum absolute atomic E-state index is 0.518. The maximum atomic E-state index is 6.74. The highest BCUT2D eigenvalue weighted by atomic mass is 35.5. The zero-order valence-corrected chi connectivity index (χ0v) is 17.1. The second-order valence-corrected chi connectivity index (χ2v) is 8.85. The van der Waals surface area contributed by atoms with E-state index in [1.165, 1.54) is 24.1 Å². The van der Waals surface area contributed by atoms with Gasteiger partial charge in [-0.25, -0.2) is 15.0 Å². The molecule has 0 amide bonds. The average molecular weight is 417 g/mol. The van der Waals surface area contributed by atoms with Gasteiger partial charge in [-0.1, -0.05) is 23.7 Å².